The van der Waals surface area contributed by atoms with E-state index >= 15 is 0 Å². The number of nitrogens with zero attached hydrogens (tertiary/aromatic N) is 9. The molecule has 5 aromatic heterocycles. The monoisotopic (exact) mass is 607 g/mol. The van der Waals surface area contributed by atoms with Crippen LogP contribution in [0.4, 0.5) is 18.9 Å². The summed E-state index contributed by atoms with van der Waals surface area (Å²) < 4.78 is 41.2. The minimum atomic E-state index is -4.79. The van der Waals surface area contributed by atoms with E-state index in [1.165, 1.54) is 35.1 Å². The van der Waals surface area contributed by atoms with Crippen molar-refractivity contribution >= 4 is 46.2 Å². The minimum absolute atomic E-state index is 0.0204. The Labute approximate surface area is 238 Å². The van der Waals surface area contributed by atoms with Gasteiger partial charge in [-0.05, 0) is 42.0 Å². The van der Waals surface area contributed by atoms with Crippen molar-refractivity contribution in [3.63, 3.8) is 0 Å². The van der Waals surface area contributed by atoms with E-state index in [0.29, 0.717) is 23.3 Å². The molecule has 0 unspecified atom stereocenters. The number of carbonyl (C=O) groups is 2. The molecule has 0 saturated carbocycles. The highest BCUT2D eigenvalue weighted by molar-refractivity contribution is 6.35. The number of anilines is 1. The second-order valence-corrected chi connectivity index (χ2v) is 9.29. The maximum Gasteiger partial charge on any atom is 0.455 e. The zero-order valence-corrected chi connectivity index (χ0v) is 22.4. The van der Waals surface area contributed by atoms with Gasteiger partial charge in [0.25, 0.3) is 17.6 Å². The molecule has 13 nitrogen and oxygen atoms in total. The fourth-order valence-corrected chi connectivity index (χ4v) is 4.24. The predicted molar refractivity (Wildman–Crippen MR) is 139 cm³/mol. The smallest absolute Gasteiger partial charge is 0.351 e. The van der Waals surface area contributed by atoms with E-state index in [2.05, 4.69) is 41.2 Å². The van der Waals surface area contributed by atoms with Crippen LogP contribution in [0.5, 0.6) is 0 Å². The largest absolute Gasteiger partial charge is 0.455 e. The Morgan fingerprint density at radius 1 is 1.05 bits per heavy atom. The van der Waals surface area contributed by atoms with Crippen molar-refractivity contribution in [3.8, 4) is 5.82 Å². The van der Waals surface area contributed by atoms with E-state index in [1.54, 1.807) is 12.1 Å². The first kappa shape index (κ1) is 28.0. The van der Waals surface area contributed by atoms with E-state index in [-0.39, 0.29) is 45.2 Å². The maximum absolute atomic E-state index is 13.7. The Bertz CT molecular complexity index is 1760. The fourth-order valence-electron chi connectivity index (χ4n) is 3.79. The van der Waals surface area contributed by atoms with Crippen LogP contribution in [0.15, 0.2) is 42.7 Å². The van der Waals surface area contributed by atoms with Crippen molar-refractivity contribution in [1.82, 2.24) is 49.9 Å². The van der Waals surface area contributed by atoms with Gasteiger partial charge in [-0.2, -0.15) is 28.2 Å². The van der Waals surface area contributed by atoms with Gasteiger partial charge in [0.05, 0.1) is 33.1 Å². The van der Waals surface area contributed by atoms with Crippen LogP contribution < -0.4 is 10.6 Å². The average Bonchev–Trinajstić information content (AvgIpc) is 3.68. The summed E-state index contributed by atoms with van der Waals surface area (Å²) in [5.74, 6) is -2.69. The minimum Gasteiger partial charge on any atom is -0.351 e. The molecule has 0 atom stereocenters. The van der Waals surface area contributed by atoms with Crippen molar-refractivity contribution < 1.29 is 22.8 Å². The van der Waals surface area contributed by atoms with Crippen LogP contribution in [0.25, 0.3) is 11.3 Å². The maximum atomic E-state index is 13.7. The summed E-state index contributed by atoms with van der Waals surface area (Å²) in [5, 5.41) is 23.8. The van der Waals surface area contributed by atoms with Gasteiger partial charge in [0.2, 0.25) is 0 Å². The average molecular weight is 608 g/mol. The predicted octanol–water partition coefficient (Wildman–Crippen LogP) is 3.67. The lowest BCUT2D eigenvalue weighted by Crippen LogP contribution is -2.29. The number of fused-ring (bicyclic) bond motifs is 1. The third kappa shape index (κ3) is 5.69. The molecule has 5 aromatic rings. The van der Waals surface area contributed by atoms with Crippen LogP contribution in [-0.4, -0.2) is 62.9 Å². The normalized spacial score (nSPS) is 11.7. The molecule has 0 aliphatic heterocycles. The highest BCUT2D eigenvalue weighted by atomic mass is 35.5. The fraction of sp³-hybridized carbons (Fsp3) is 0.217. The molecule has 0 aliphatic carbocycles. The Morgan fingerprint density at radius 3 is 2.56 bits per heavy atom. The molecule has 0 bridgehead atoms. The van der Waals surface area contributed by atoms with Gasteiger partial charge >= 0.3 is 6.18 Å². The lowest BCUT2D eigenvalue weighted by Gasteiger charge is -2.15. The van der Waals surface area contributed by atoms with Crippen LogP contribution in [0.2, 0.25) is 10.0 Å². The number of hydrogen-bond donors (Lipinski definition) is 2. The van der Waals surface area contributed by atoms with E-state index < -0.39 is 23.8 Å². The third-order valence-electron chi connectivity index (χ3n) is 5.57. The summed E-state index contributed by atoms with van der Waals surface area (Å²) in [4.78, 5) is 31.6. The van der Waals surface area contributed by atoms with Gasteiger partial charge in [0, 0.05) is 12.7 Å². The number of carbonyl (C=O) groups excluding carboxylic acids is 2. The molecule has 18 heteroatoms. The number of hydrogen-bond acceptors (Lipinski definition) is 8. The number of nitrogens with one attached hydrogen (secondary N) is 2. The van der Waals surface area contributed by atoms with E-state index in [9.17, 15) is 22.8 Å². The molecule has 0 aliphatic rings. The molecular formula is C23H18Cl2F3N11O2. The summed E-state index contributed by atoms with van der Waals surface area (Å²) in [6.07, 6.45) is -1.24. The molecule has 41 heavy (non-hydrogen) atoms. The highest BCUT2D eigenvalue weighted by Gasteiger charge is 2.37. The zero-order valence-electron chi connectivity index (χ0n) is 20.9. The Balaban J connectivity index is 1.56. The first-order chi connectivity index (χ1) is 19.6. The quantitative estimate of drug-likeness (QED) is 0.271. The molecule has 0 saturated heterocycles. The third-order valence-corrected chi connectivity index (χ3v) is 6.16. The Kier molecular flexibility index (Phi) is 7.59. The summed E-state index contributed by atoms with van der Waals surface area (Å²) in [6.45, 7) is 1.87. The Morgan fingerprint density at radius 2 is 1.85 bits per heavy atom. The van der Waals surface area contributed by atoms with Gasteiger partial charge in [-0.3, -0.25) is 9.59 Å². The SMILES string of the molecule is CCCNC(=O)c1c(NC(=O)c2cc(Cn3nnc(C(F)(F)F)n3)nn2-c2ncccc2Cl)c(Cl)cc2ccnn12. The van der Waals surface area contributed by atoms with Crippen LogP contribution in [0.3, 0.4) is 0 Å². The molecule has 5 rings (SSSR count). The van der Waals surface area contributed by atoms with Gasteiger partial charge in [0.15, 0.2) is 11.5 Å². The number of aromatic nitrogens is 9. The molecule has 0 aromatic carbocycles. The van der Waals surface area contributed by atoms with Crippen molar-refractivity contribution in [2.24, 2.45) is 0 Å². The second kappa shape index (κ2) is 11.1. The molecule has 5 heterocycles. The summed E-state index contributed by atoms with van der Waals surface area (Å²) in [7, 11) is 0. The van der Waals surface area contributed by atoms with E-state index in [4.69, 9.17) is 23.2 Å². The zero-order chi connectivity index (χ0) is 29.3. The number of tetrazole rings is 1. The summed E-state index contributed by atoms with van der Waals surface area (Å²) in [5.41, 5.74) is 0.412. The van der Waals surface area contributed by atoms with Crippen molar-refractivity contribution in [3.05, 3.63) is 75.7 Å². The Hall–Kier alpha value is -4.57. The standard InChI is InChI=1S/C23H18Cl2F3N11O2/c1-2-6-30-21(41)18-17(15(25)10-13-5-8-31-38(13)18)32-20(40)16-9-12(11-37-35-22(33-36-37)23(26,27)28)34-39(16)19-14(24)4-3-7-29-19/h3-5,7-10H,2,6,11H2,1H3,(H,30,41)(H,32,40). The first-order valence-electron chi connectivity index (χ1n) is 11.9. The summed E-state index contributed by atoms with van der Waals surface area (Å²) >= 11 is 12.8. The topological polar surface area (TPSA) is 150 Å². The van der Waals surface area contributed by atoms with Crippen LogP contribution >= 0.6 is 23.2 Å². The molecule has 212 valence electrons. The molecule has 0 spiro atoms. The van der Waals surface area contributed by atoms with Crippen molar-refractivity contribution in [2.75, 3.05) is 11.9 Å². The van der Waals surface area contributed by atoms with Gasteiger partial charge in [-0.15, -0.1) is 10.2 Å². The number of pyridine rings is 2. The molecule has 0 radical (unpaired) electrons. The van der Waals surface area contributed by atoms with Crippen molar-refractivity contribution in [1.29, 1.82) is 0 Å². The molecule has 2 N–H and O–H groups in total. The van der Waals surface area contributed by atoms with Crippen molar-refractivity contribution in [2.45, 2.75) is 26.1 Å². The van der Waals surface area contributed by atoms with Gasteiger partial charge < -0.3 is 10.6 Å². The summed E-state index contributed by atoms with van der Waals surface area (Å²) in [6, 6.07) is 7.52. The molecule has 2 amide bonds. The van der Waals surface area contributed by atoms with Crippen LogP contribution in [0.1, 0.15) is 45.8 Å². The van der Waals surface area contributed by atoms with Crippen LogP contribution in [0, 0.1) is 0 Å². The lowest BCUT2D eigenvalue weighted by atomic mass is 10.2. The van der Waals surface area contributed by atoms with Gasteiger partial charge in [-0.25, -0.2) is 14.2 Å². The molecular weight excluding hydrogens is 590 g/mol. The second-order valence-electron chi connectivity index (χ2n) is 8.48. The van der Waals surface area contributed by atoms with E-state index in [1.807, 2.05) is 6.92 Å². The number of halogens is 5. The van der Waals surface area contributed by atoms with E-state index in [0.717, 1.165) is 4.68 Å². The van der Waals surface area contributed by atoms with Gasteiger partial charge in [-0.1, -0.05) is 30.1 Å². The number of rotatable bonds is 8. The van der Waals surface area contributed by atoms with Crippen LogP contribution in [-0.2, 0) is 12.7 Å². The highest BCUT2D eigenvalue weighted by Crippen LogP contribution is 2.30. The number of amides is 2. The van der Waals surface area contributed by atoms with Gasteiger partial charge in [0.1, 0.15) is 12.2 Å². The molecule has 0 fully saturated rings. The first-order valence-corrected chi connectivity index (χ1v) is 12.6. The lowest BCUT2D eigenvalue weighted by molar-refractivity contribution is -0.145. The number of alkyl halides is 3.